The molecule has 1 amide bonds. The van der Waals surface area contributed by atoms with E-state index in [0.717, 1.165) is 33.3 Å². The molecule has 3 heterocycles. The Kier molecular flexibility index (Phi) is 4.29. The highest BCUT2D eigenvalue weighted by molar-refractivity contribution is 6.42. The Hall–Kier alpha value is -3.41. The minimum Gasteiger partial charge on any atom is -0.339 e. The number of aromatic nitrogens is 3. The van der Waals surface area contributed by atoms with Crippen LogP contribution < -0.4 is 0 Å². The number of hydrogen-bond donors (Lipinski definition) is 0. The van der Waals surface area contributed by atoms with Crippen LogP contribution >= 0.6 is 0 Å². The van der Waals surface area contributed by atoms with E-state index in [9.17, 15) is 9.18 Å². The number of aryl methyl sites for hydroxylation is 2. The summed E-state index contributed by atoms with van der Waals surface area (Å²) < 4.78 is 15.9. The fourth-order valence-electron chi connectivity index (χ4n) is 4.52. The van der Waals surface area contributed by atoms with Gasteiger partial charge in [0.2, 0.25) is 0 Å². The molecule has 5 nitrogen and oxygen atoms in total. The molecule has 0 radical (unpaired) electrons. The zero-order valence-electron chi connectivity index (χ0n) is 18.0. The average molecular weight is 410 g/mol. The molecule has 0 spiro atoms. The summed E-state index contributed by atoms with van der Waals surface area (Å²) in [6, 6.07) is 12.7. The van der Waals surface area contributed by atoms with Crippen LogP contribution in [0.15, 0.2) is 54.9 Å². The molecule has 0 unspecified atom stereocenters. The van der Waals surface area contributed by atoms with Crippen LogP contribution in [0.2, 0.25) is 0 Å². The van der Waals surface area contributed by atoms with Crippen LogP contribution in [0.3, 0.4) is 0 Å². The number of benzene rings is 2. The third kappa shape index (κ3) is 3.05. The molecule has 0 atom stereocenters. The summed E-state index contributed by atoms with van der Waals surface area (Å²) in [7, 11) is 5.89. The lowest BCUT2D eigenvalue weighted by atomic mass is 9.59. The normalized spacial score (nSPS) is 14.9. The van der Waals surface area contributed by atoms with Gasteiger partial charge in [-0.1, -0.05) is 18.2 Å². The molecule has 0 fully saturated rings. The summed E-state index contributed by atoms with van der Waals surface area (Å²) in [4.78, 5) is 19.4. The van der Waals surface area contributed by atoms with Gasteiger partial charge in [0.25, 0.3) is 5.91 Å². The van der Waals surface area contributed by atoms with E-state index in [1.807, 2.05) is 59.0 Å². The number of pyridine rings is 1. The topological polar surface area (TPSA) is 51.0 Å². The van der Waals surface area contributed by atoms with E-state index in [1.165, 1.54) is 6.07 Å². The SMILES string of the molecule is BC1(B)c2ncccc2C(=O)N1Cc1ccc(-c2cc(F)cc3nn(C)cc23)cc1C. The zero-order valence-corrected chi connectivity index (χ0v) is 18.0. The molecule has 2 aromatic heterocycles. The van der Waals surface area contributed by atoms with E-state index < -0.39 is 5.34 Å². The highest BCUT2D eigenvalue weighted by atomic mass is 19.1. The Morgan fingerprint density at radius 1 is 1.13 bits per heavy atom. The van der Waals surface area contributed by atoms with E-state index in [0.29, 0.717) is 17.6 Å². The number of fused-ring (bicyclic) bond motifs is 2. The van der Waals surface area contributed by atoms with Crippen LogP contribution in [0.1, 0.15) is 27.2 Å². The second kappa shape index (κ2) is 6.80. The number of hydrogen-bond acceptors (Lipinski definition) is 3. The molecule has 0 N–H and O–H groups in total. The van der Waals surface area contributed by atoms with Gasteiger partial charge < -0.3 is 4.90 Å². The van der Waals surface area contributed by atoms with Gasteiger partial charge in [0.15, 0.2) is 0 Å². The summed E-state index contributed by atoms with van der Waals surface area (Å²) in [5.74, 6) is -0.309. The van der Waals surface area contributed by atoms with Crippen molar-refractivity contribution in [3.05, 3.63) is 83.1 Å². The Bertz CT molecular complexity index is 1370. The predicted molar refractivity (Wildman–Crippen MR) is 124 cm³/mol. The van der Waals surface area contributed by atoms with Crippen LogP contribution in [0.5, 0.6) is 0 Å². The minimum absolute atomic E-state index is 0.00113. The van der Waals surface area contributed by atoms with E-state index in [1.54, 1.807) is 23.0 Å². The van der Waals surface area contributed by atoms with Crippen LogP contribution in [0.4, 0.5) is 4.39 Å². The van der Waals surface area contributed by atoms with E-state index in [2.05, 4.69) is 16.1 Å². The molecule has 1 aliphatic rings. The van der Waals surface area contributed by atoms with Crippen molar-refractivity contribution in [2.75, 3.05) is 0 Å². The molecule has 4 aromatic rings. The predicted octanol–water partition coefficient (Wildman–Crippen LogP) is 2.12. The summed E-state index contributed by atoms with van der Waals surface area (Å²) in [5, 5.41) is 4.77. The molecule has 0 bridgehead atoms. The number of halogens is 1. The summed E-state index contributed by atoms with van der Waals surface area (Å²) in [6.45, 7) is 2.51. The second-order valence-corrected chi connectivity index (χ2v) is 8.68. The fraction of sp³-hybridized carbons (Fsp3) is 0.174. The molecule has 152 valence electrons. The Labute approximate surface area is 181 Å². The first kappa shape index (κ1) is 19.5. The standard InChI is InChI=1S/C23H21B2FN4O/c1-13-8-14(18-9-16(26)10-20-19(18)12-29(2)28-20)5-6-15(13)11-30-22(31)17-4-3-7-27-21(17)23(30,24)25/h3-10,12H,11,24-25H2,1-2H3. The van der Waals surface area contributed by atoms with Gasteiger partial charge in [-0.05, 0) is 47.4 Å². The van der Waals surface area contributed by atoms with Gasteiger partial charge in [0.1, 0.15) is 21.5 Å². The summed E-state index contributed by atoms with van der Waals surface area (Å²) in [5.41, 5.74) is 5.95. The fourth-order valence-corrected chi connectivity index (χ4v) is 4.52. The first-order valence-electron chi connectivity index (χ1n) is 10.3. The van der Waals surface area contributed by atoms with Crippen molar-refractivity contribution >= 4 is 32.5 Å². The van der Waals surface area contributed by atoms with Crippen molar-refractivity contribution < 1.29 is 9.18 Å². The van der Waals surface area contributed by atoms with Gasteiger partial charge in [-0.25, -0.2) is 4.39 Å². The van der Waals surface area contributed by atoms with Gasteiger partial charge in [-0.2, -0.15) is 5.10 Å². The lowest BCUT2D eigenvalue weighted by Crippen LogP contribution is -2.44. The maximum absolute atomic E-state index is 14.2. The number of rotatable bonds is 3. The van der Waals surface area contributed by atoms with Crippen LogP contribution in [-0.2, 0) is 18.9 Å². The molecule has 8 heteroatoms. The van der Waals surface area contributed by atoms with Crippen molar-refractivity contribution in [1.82, 2.24) is 19.7 Å². The highest BCUT2D eigenvalue weighted by Gasteiger charge is 2.43. The molecular formula is C23H21B2FN4O. The first-order chi connectivity index (χ1) is 14.8. The first-order valence-corrected chi connectivity index (χ1v) is 10.3. The van der Waals surface area contributed by atoms with Crippen LogP contribution in [-0.4, -0.2) is 41.3 Å². The van der Waals surface area contributed by atoms with E-state index in [4.69, 9.17) is 0 Å². The van der Waals surface area contributed by atoms with E-state index in [-0.39, 0.29) is 11.7 Å². The quantitative estimate of drug-likeness (QED) is 0.487. The molecule has 2 aromatic carbocycles. The maximum atomic E-state index is 14.2. The lowest BCUT2D eigenvalue weighted by Gasteiger charge is -2.32. The average Bonchev–Trinajstić information content (AvgIpc) is 3.19. The Morgan fingerprint density at radius 2 is 1.94 bits per heavy atom. The number of carbonyl (C=O) groups is 1. The molecule has 5 rings (SSSR count). The van der Waals surface area contributed by atoms with Crippen molar-refractivity contribution in [2.45, 2.75) is 18.8 Å². The van der Waals surface area contributed by atoms with Crippen molar-refractivity contribution in [3.8, 4) is 11.1 Å². The third-order valence-electron chi connectivity index (χ3n) is 6.22. The van der Waals surface area contributed by atoms with E-state index >= 15 is 0 Å². The van der Waals surface area contributed by atoms with Gasteiger partial charge in [0.05, 0.1) is 16.8 Å². The molecule has 0 saturated heterocycles. The monoisotopic (exact) mass is 410 g/mol. The molecule has 1 aliphatic heterocycles. The molecule has 31 heavy (non-hydrogen) atoms. The number of nitrogens with zero attached hydrogens (tertiary/aromatic N) is 4. The van der Waals surface area contributed by atoms with Crippen molar-refractivity contribution in [1.29, 1.82) is 0 Å². The largest absolute Gasteiger partial charge is 0.339 e. The highest BCUT2D eigenvalue weighted by Crippen LogP contribution is 2.35. The van der Waals surface area contributed by atoms with Gasteiger partial charge in [-0.15, -0.1) is 0 Å². The summed E-state index contributed by atoms with van der Waals surface area (Å²) in [6.07, 6.45) is 3.64. The molecule has 0 aliphatic carbocycles. The van der Waals surface area contributed by atoms with Crippen molar-refractivity contribution in [3.63, 3.8) is 0 Å². The maximum Gasteiger partial charge on any atom is 0.255 e. The third-order valence-corrected chi connectivity index (χ3v) is 6.22. The molecular weight excluding hydrogens is 389 g/mol. The Morgan fingerprint density at radius 3 is 2.68 bits per heavy atom. The lowest BCUT2D eigenvalue weighted by molar-refractivity contribution is 0.0731. The number of amides is 1. The number of carbonyl (C=O) groups excluding carboxylic acids is 1. The van der Waals surface area contributed by atoms with Crippen LogP contribution in [0.25, 0.3) is 22.0 Å². The smallest absolute Gasteiger partial charge is 0.255 e. The molecule has 0 saturated carbocycles. The minimum atomic E-state index is -0.483. The summed E-state index contributed by atoms with van der Waals surface area (Å²) >= 11 is 0. The Balaban J connectivity index is 1.51. The van der Waals surface area contributed by atoms with Crippen molar-refractivity contribution in [2.24, 2.45) is 7.05 Å². The van der Waals surface area contributed by atoms with Gasteiger partial charge >= 0.3 is 0 Å². The van der Waals surface area contributed by atoms with Gasteiger partial charge in [0, 0.05) is 42.8 Å². The van der Waals surface area contributed by atoms with Gasteiger partial charge in [-0.3, -0.25) is 14.5 Å². The van der Waals surface area contributed by atoms with Crippen LogP contribution in [0, 0.1) is 12.7 Å². The zero-order chi connectivity index (χ0) is 21.9. The second-order valence-electron chi connectivity index (χ2n) is 8.68.